The number of nitrogens with zero attached hydrogens (tertiary/aromatic N) is 2. The Labute approximate surface area is 249 Å². The predicted octanol–water partition coefficient (Wildman–Crippen LogP) is 5.57. The highest BCUT2D eigenvalue weighted by Crippen LogP contribution is 2.27. The summed E-state index contributed by atoms with van der Waals surface area (Å²) in [5, 5.41) is 3.39. The van der Waals surface area contributed by atoms with Gasteiger partial charge in [0.25, 0.3) is 0 Å². The molecular formula is C32H40ClN3O4S. The summed E-state index contributed by atoms with van der Waals surface area (Å²) in [4.78, 5) is 29.2. The van der Waals surface area contributed by atoms with Gasteiger partial charge in [0, 0.05) is 24.0 Å². The van der Waals surface area contributed by atoms with Gasteiger partial charge in [-0.05, 0) is 54.2 Å². The van der Waals surface area contributed by atoms with E-state index in [0.29, 0.717) is 16.3 Å². The maximum Gasteiger partial charge on any atom is 0.244 e. The largest absolute Gasteiger partial charge is 0.352 e. The first-order chi connectivity index (χ1) is 19.2. The molecule has 0 radical (unpaired) electrons. The van der Waals surface area contributed by atoms with Gasteiger partial charge < -0.3 is 10.2 Å². The first-order valence-electron chi connectivity index (χ1n) is 13.6. The second kappa shape index (κ2) is 13.5. The van der Waals surface area contributed by atoms with Gasteiger partial charge in [0.1, 0.15) is 12.6 Å². The van der Waals surface area contributed by atoms with Crippen LogP contribution in [0.15, 0.2) is 78.9 Å². The van der Waals surface area contributed by atoms with Gasteiger partial charge in [-0.25, -0.2) is 8.42 Å². The number of amides is 2. The Morgan fingerprint density at radius 3 is 2.02 bits per heavy atom. The fourth-order valence-electron chi connectivity index (χ4n) is 4.49. The fraction of sp³-hybridized carbons (Fsp3) is 0.375. The molecule has 0 aliphatic carbocycles. The lowest BCUT2D eigenvalue weighted by Crippen LogP contribution is -2.54. The van der Waals surface area contributed by atoms with Crippen molar-refractivity contribution < 1.29 is 18.0 Å². The number of sulfonamides is 1. The number of carbonyl (C=O) groups is 2. The van der Waals surface area contributed by atoms with E-state index in [4.69, 9.17) is 11.6 Å². The molecule has 0 fully saturated rings. The summed E-state index contributed by atoms with van der Waals surface area (Å²) in [5.41, 5.74) is 2.81. The number of hydrogen-bond acceptors (Lipinski definition) is 4. The fourth-order valence-corrected chi connectivity index (χ4v) is 5.53. The summed E-state index contributed by atoms with van der Waals surface area (Å²) in [6.07, 6.45) is 1.32. The third kappa shape index (κ3) is 9.07. The van der Waals surface area contributed by atoms with Crippen LogP contribution >= 0.6 is 11.6 Å². The molecule has 0 aliphatic rings. The first-order valence-corrected chi connectivity index (χ1v) is 15.8. The van der Waals surface area contributed by atoms with E-state index in [2.05, 4.69) is 26.1 Å². The number of benzene rings is 3. The minimum atomic E-state index is -3.84. The van der Waals surface area contributed by atoms with Crippen molar-refractivity contribution >= 4 is 39.1 Å². The standard InChI is InChI=1S/C32H40ClN3O4S/c1-23(2)34-31(38)29(20-24-12-8-7-9-13-24)35(21-25-14-10-11-15-28(25)33)30(37)22-36(41(6,39)40)27-18-16-26(17-19-27)32(3,4)5/h7-19,23,29H,20-22H2,1-6H3,(H,34,38)/t29-/m0/s1. The second-order valence-electron chi connectivity index (χ2n) is 11.5. The molecule has 9 heteroatoms. The van der Waals surface area contributed by atoms with Gasteiger partial charge >= 0.3 is 0 Å². The van der Waals surface area contributed by atoms with Crippen LogP contribution in [0.3, 0.4) is 0 Å². The molecule has 0 saturated heterocycles. The summed E-state index contributed by atoms with van der Waals surface area (Å²) >= 11 is 6.48. The normalized spacial score (nSPS) is 12.6. The van der Waals surface area contributed by atoms with Crippen LogP contribution in [0.5, 0.6) is 0 Å². The van der Waals surface area contributed by atoms with Crippen molar-refractivity contribution in [1.29, 1.82) is 0 Å². The molecule has 0 saturated carbocycles. The zero-order valence-electron chi connectivity index (χ0n) is 24.6. The molecule has 0 heterocycles. The molecule has 0 aromatic heterocycles. The Balaban J connectivity index is 2.06. The molecule has 0 spiro atoms. The van der Waals surface area contributed by atoms with Gasteiger partial charge in [-0.1, -0.05) is 93.0 Å². The Hall–Kier alpha value is -3.36. The van der Waals surface area contributed by atoms with Gasteiger partial charge in [0.15, 0.2) is 0 Å². The molecule has 220 valence electrons. The van der Waals surface area contributed by atoms with Crippen LogP contribution in [0.25, 0.3) is 0 Å². The van der Waals surface area contributed by atoms with Gasteiger partial charge in [0.2, 0.25) is 21.8 Å². The molecule has 3 rings (SSSR count). The van der Waals surface area contributed by atoms with E-state index in [1.807, 2.05) is 62.4 Å². The molecule has 0 unspecified atom stereocenters. The highest BCUT2D eigenvalue weighted by molar-refractivity contribution is 7.92. The number of nitrogens with one attached hydrogen (secondary N) is 1. The third-order valence-corrected chi connectivity index (χ3v) is 8.21. The maximum absolute atomic E-state index is 14.1. The Morgan fingerprint density at radius 1 is 0.902 bits per heavy atom. The quantitative estimate of drug-likeness (QED) is 0.313. The van der Waals surface area contributed by atoms with Crippen molar-refractivity contribution in [1.82, 2.24) is 10.2 Å². The van der Waals surface area contributed by atoms with Crippen LogP contribution in [-0.4, -0.2) is 50.0 Å². The number of anilines is 1. The van der Waals surface area contributed by atoms with E-state index in [9.17, 15) is 18.0 Å². The lowest BCUT2D eigenvalue weighted by molar-refractivity contribution is -0.140. The Kier molecular flexibility index (Phi) is 10.6. The SMILES string of the molecule is CC(C)NC(=O)[C@H](Cc1ccccc1)N(Cc1ccccc1Cl)C(=O)CN(c1ccc(C(C)(C)C)cc1)S(C)(=O)=O. The molecule has 0 aliphatic heterocycles. The average molecular weight is 598 g/mol. The maximum atomic E-state index is 14.1. The summed E-state index contributed by atoms with van der Waals surface area (Å²) in [6, 6.07) is 22.6. The van der Waals surface area contributed by atoms with Crippen LogP contribution in [0.2, 0.25) is 5.02 Å². The van der Waals surface area contributed by atoms with Gasteiger partial charge in [-0.2, -0.15) is 0 Å². The van der Waals surface area contributed by atoms with Crippen molar-refractivity contribution in [3.63, 3.8) is 0 Å². The van der Waals surface area contributed by atoms with Crippen molar-refractivity contribution in [3.05, 3.63) is 101 Å². The monoisotopic (exact) mass is 597 g/mol. The molecule has 0 bridgehead atoms. The summed E-state index contributed by atoms with van der Waals surface area (Å²) < 4.78 is 27.0. The van der Waals surface area contributed by atoms with E-state index in [-0.39, 0.29) is 30.3 Å². The van der Waals surface area contributed by atoms with Crippen LogP contribution in [0.1, 0.15) is 51.3 Å². The van der Waals surface area contributed by atoms with Crippen molar-refractivity contribution in [2.75, 3.05) is 17.1 Å². The summed E-state index contributed by atoms with van der Waals surface area (Å²) in [7, 11) is -3.84. The van der Waals surface area contributed by atoms with Crippen LogP contribution in [0, 0.1) is 0 Å². The first kappa shape index (κ1) is 32.2. The molecule has 41 heavy (non-hydrogen) atoms. The predicted molar refractivity (Wildman–Crippen MR) is 167 cm³/mol. The lowest BCUT2D eigenvalue weighted by Gasteiger charge is -2.34. The van der Waals surface area contributed by atoms with Crippen LogP contribution in [-0.2, 0) is 38.0 Å². The number of halogens is 1. The van der Waals surface area contributed by atoms with Crippen LogP contribution in [0.4, 0.5) is 5.69 Å². The topological polar surface area (TPSA) is 86.8 Å². The van der Waals surface area contributed by atoms with E-state index in [1.165, 1.54) is 4.90 Å². The van der Waals surface area contributed by atoms with Gasteiger partial charge in [-0.15, -0.1) is 0 Å². The minimum absolute atomic E-state index is 0.0298. The van der Waals surface area contributed by atoms with Crippen LogP contribution < -0.4 is 9.62 Å². The zero-order valence-corrected chi connectivity index (χ0v) is 26.2. The molecule has 3 aromatic carbocycles. The van der Waals surface area contributed by atoms with E-state index in [1.54, 1.807) is 30.3 Å². The Morgan fingerprint density at radius 2 is 1.49 bits per heavy atom. The summed E-state index contributed by atoms with van der Waals surface area (Å²) in [6.45, 7) is 9.47. The number of carbonyl (C=O) groups excluding carboxylic acids is 2. The molecule has 3 aromatic rings. The smallest absolute Gasteiger partial charge is 0.244 e. The molecule has 1 atom stereocenters. The van der Waals surface area contributed by atoms with Crippen molar-refractivity contribution in [2.45, 2.75) is 65.1 Å². The summed E-state index contributed by atoms with van der Waals surface area (Å²) in [5.74, 6) is -0.847. The van der Waals surface area contributed by atoms with E-state index in [0.717, 1.165) is 21.7 Å². The highest BCUT2D eigenvalue weighted by Gasteiger charge is 2.33. The van der Waals surface area contributed by atoms with E-state index < -0.39 is 28.5 Å². The second-order valence-corrected chi connectivity index (χ2v) is 13.9. The average Bonchev–Trinajstić information content (AvgIpc) is 2.89. The molecule has 7 nitrogen and oxygen atoms in total. The van der Waals surface area contributed by atoms with Crippen molar-refractivity contribution in [3.8, 4) is 0 Å². The van der Waals surface area contributed by atoms with Crippen molar-refractivity contribution in [2.24, 2.45) is 0 Å². The molecule has 1 N–H and O–H groups in total. The minimum Gasteiger partial charge on any atom is -0.352 e. The Bertz CT molecular complexity index is 1440. The molecular weight excluding hydrogens is 558 g/mol. The van der Waals surface area contributed by atoms with Gasteiger partial charge in [0.05, 0.1) is 11.9 Å². The number of rotatable bonds is 11. The third-order valence-electron chi connectivity index (χ3n) is 6.70. The highest BCUT2D eigenvalue weighted by atomic mass is 35.5. The van der Waals surface area contributed by atoms with E-state index >= 15 is 0 Å². The number of hydrogen-bond donors (Lipinski definition) is 1. The lowest BCUT2D eigenvalue weighted by atomic mass is 9.87. The van der Waals surface area contributed by atoms with Gasteiger partial charge in [-0.3, -0.25) is 13.9 Å². The molecule has 2 amide bonds. The zero-order chi connectivity index (χ0) is 30.4.